The molecule has 4 aromatic heterocycles. The van der Waals surface area contributed by atoms with Gasteiger partial charge in [-0.1, -0.05) is 11.2 Å². The number of H-pyrrole nitrogens is 2. The van der Waals surface area contributed by atoms with Gasteiger partial charge in [-0.05, 0) is 31.9 Å². The van der Waals surface area contributed by atoms with Gasteiger partial charge in [0.2, 0.25) is 5.95 Å². The van der Waals surface area contributed by atoms with Gasteiger partial charge in [0.25, 0.3) is 5.56 Å². The van der Waals surface area contributed by atoms with Gasteiger partial charge in [-0.2, -0.15) is 10.1 Å². The van der Waals surface area contributed by atoms with Crippen LogP contribution in [0.2, 0.25) is 0 Å². The van der Waals surface area contributed by atoms with Gasteiger partial charge in [-0.25, -0.2) is 0 Å². The molecule has 10 heteroatoms. The minimum Gasteiger partial charge on any atom is -0.358 e. The van der Waals surface area contributed by atoms with Crippen molar-refractivity contribution in [1.29, 1.82) is 0 Å². The Morgan fingerprint density at radius 2 is 2.13 bits per heavy atom. The Morgan fingerprint density at radius 1 is 1.20 bits per heavy atom. The van der Waals surface area contributed by atoms with Crippen LogP contribution in [0.25, 0.3) is 11.4 Å². The van der Waals surface area contributed by atoms with Crippen molar-refractivity contribution in [3.63, 3.8) is 0 Å². The highest BCUT2D eigenvalue weighted by molar-refractivity contribution is 5.55. The topological polar surface area (TPSA) is 129 Å². The third-order valence-corrected chi connectivity index (χ3v) is 5.00. The Labute approximate surface area is 171 Å². The molecule has 0 aliphatic carbocycles. The quantitative estimate of drug-likeness (QED) is 0.463. The molecule has 5 heterocycles. The molecule has 1 saturated heterocycles. The average Bonchev–Trinajstić information content (AvgIpc) is 3.48. The molecule has 0 saturated carbocycles. The Balaban J connectivity index is 1.42. The summed E-state index contributed by atoms with van der Waals surface area (Å²) in [5.41, 5.74) is 2.11. The summed E-state index contributed by atoms with van der Waals surface area (Å²) in [6, 6.07) is 10.7. The summed E-state index contributed by atoms with van der Waals surface area (Å²) >= 11 is 0. The van der Waals surface area contributed by atoms with E-state index in [1.807, 2.05) is 42.2 Å². The molecule has 152 valence electrons. The Hall–Kier alpha value is -3.95. The van der Waals surface area contributed by atoms with E-state index >= 15 is 0 Å². The van der Waals surface area contributed by atoms with Crippen molar-refractivity contribution < 1.29 is 4.52 Å². The van der Waals surface area contributed by atoms with Gasteiger partial charge in [-0.15, -0.1) is 0 Å². The number of hydrogen-bond donors (Lipinski definition) is 3. The molecule has 0 aromatic carbocycles. The highest BCUT2D eigenvalue weighted by Gasteiger charge is 2.31. The fraction of sp³-hybridized carbons (Fsp3) is 0.250. The maximum Gasteiger partial charge on any atom is 0.254 e. The summed E-state index contributed by atoms with van der Waals surface area (Å²) in [5.74, 6) is 2.23. The molecule has 1 aliphatic rings. The molecule has 0 amide bonds. The van der Waals surface area contributed by atoms with Crippen LogP contribution in [-0.2, 0) is 0 Å². The van der Waals surface area contributed by atoms with Crippen molar-refractivity contribution in [2.75, 3.05) is 16.8 Å². The molecule has 1 unspecified atom stereocenters. The van der Waals surface area contributed by atoms with Crippen molar-refractivity contribution in [2.45, 2.75) is 25.8 Å². The zero-order valence-electron chi connectivity index (χ0n) is 16.3. The monoisotopic (exact) mass is 404 g/mol. The largest absolute Gasteiger partial charge is 0.358 e. The lowest BCUT2D eigenvalue weighted by atomic mass is 10.1. The lowest BCUT2D eigenvalue weighted by Gasteiger charge is -2.23. The number of pyridine rings is 1. The molecule has 5 rings (SSSR count). The van der Waals surface area contributed by atoms with Crippen molar-refractivity contribution in [2.24, 2.45) is 0 Å². The highest BCUT2D eigenvalue weighted by atomic mass is 16.5. The SMILES string of the molecule is Cc1cc(Nc2cc(=O)[nH]c(N3CCCC3c3cc(-c4ccccn4)no3)n2)n[nH]1. The van der Waals surface area contributed by atoms with Crippen LogP contribution in [0.15, 0.2) is 51.9 Å². The predicted molar refractivity (Wildman–Crippen MR) is 111 cm³/mol. The van der Waals surface area contributed by atoms with Gasteiger partial charge in [0.15, 0.2) is 11.6 Å². The van der Waals surface area contributed by atoms with Crippen LogP contribution in [0.3, 0.4) is 0 Å². The van der Waals surface area contributed by atoms with Gasteiger partial charge in [0, 0.05) is 36.6 Å². The van der Waals surface area contributed by atoms with Gasteiger partial charge in [-0.3, -0.25) is 19.9 Å². The first-order valence-corrected chi connectivity index (χ1v) is 9.71. The lowest BCUT2D eigenvalue weighted by Crippen LogP contribution is -2.27. The van der Waals surface area contributed by atoms with E-state index in [1.165, 1.54) is 6.07 Å². The molecule has 10 nitrogen and oxygen atoms in total. The number of hydrogen-bond acceptors (Lipinski definition) is 8. The third-order valence-electron chi connectivity index (χ3n) is 5.00. The van der Waals surface area contributed by atoms with Gasteiger partial charge < -0.3 is 14.7 Å². The van der Waals surface area contributed by atoms with Crippen molar-refractivity contribution in [3.05, 3.63) is 64.4 Å². The minimum absolute atomic E-state index is 0.0685. The van der Waals surface area contributed by atoms with E-state index < -0.39 is 0 Å². The summed E-state index contributed by atoms with van der Waals surface area (Å²) in [6.07, 6.45) is 3.54. The zero-order chi connectivity index (χ0) is 20.5. The van der Waals surface area contributed by atoms with Crippen LogP contribution >= 0.6 is 0 Å². The van der Waals surface area contributed by atoms with E-state index in [0.29, 0.717) is 23.3 Å². The van der Waals surface area contributed by atoms with Crippen LogP contribution < -0.4 is 15.8 Å². The molecule has 1 aliphatic heterocycles. The number of nitrogens with one attached hydrogen (secondary N) is 3. The molecule has 4 aromatic rings. The Bertz CT molecular complexity index is 1210. The summed E-state index contributed by atoms with van der Waals surface area (Å²) in [4.78, 5) is 26.0. The number of rotatable bonds is 5. The van der Waals surface area contributed by atoms with Crippen LogP contribution in [0, 0.1) is 6.92 Å². The second kappa shape index (κ2) is 7.47. The normalized spacial score (nSPS) is 16.2. The van der Waals surface area contributed by atoms with E-state index in [0.717, 1.165) is 36.5 Å². The van der Waals surface area contributed by atoms with Crippen molar-refractivity contribution in [1.82, 2.24) is 30.3 Å². The maximum atomic E-state index is 12.3. The van der Waals surface area contributed by atoms with E-state index in [1.54, 1.807) is 6.20 Å². The number of aromatic nitrogens is 6. The molecule has 30 heavy (non-hydrogen) atoms. The smallest absolute Gasteiger partial charge is 0.254 e. The number of anilines is 3. The second-order valence-electron chi connectivity index (χ2n) is 7.20. The van der Waals surface area contributed by atoms with Gasteiger partial charge in [0.1, 0.15) is 11.5 Å². The van der Waals surface area contributed by atoms with E-state index in [9.17, 15) is 4.79 Å². The zero-order valence-corrected chi connectivity index (χ0v) is 16.3. The minimum atomic E-state index is -0.243. The number of aryl methyl sites for hydroxylation is 1. The van der Waals surface area contributed by atoms with Crippen LogP contribution in [0.5, 0.6) is 0 Å². The van der Waals surface area contributed by atoms with Crippen LogP contribution in [-0.4, -0.2) is 36.9 Å². The maximum absolute atomic E-state index is 12.3. The molecule has 0 bridgehead atoms. The summed E-state index contributed by atoms with van der Waals surface area (Å²) < 4.78 is 5.63. The molecule has 0 spiro atoms. The molecule has 3 N–H and O–H groups in total. The summed E-state index contributed by atoms with van der Waals surface area (Å²) in [5, 5.41) is 14.2. The van der Waals surface area contributed by atoms with E-state index in [4.69, 9.17) is 4.52 Å². The standard InChI is InChI=1S/C20H20N8O2/c1-12-9-18(26-25-12)22-17-11-19(29)24-20(23-17)28-8-4-6-15(28)16-10-14(27-30-16)13-5-2-3-7-21-13/h2-3,5,7,9-11,15H,4,6,8H2,1H3,(H3,22,23,24,25,26,29). The second-order valence-corrected chi connectivity index (χ2v) is 7.20. The first-order chi connectivity index (χ1) is 14.7. The number of nitrogens with zero attached hydrogens (tertiary/aromatic N) is 5. The van der Waals surface area contributed by atoms with Gasteiger partial charge >= 0.3 is 0 Å². The Morgan fingerprint density at radius 3 is 2.93 bits per heavy atom. The fourth-order valence-electron chi connectivity index (χ4n) is 3.66. The number of aromatic amines is 2. The lowest BCUT2D eigenvalue weighted by molar-refractivity contribution is 0.362. The summed E-state index contributed by atoms with van der Waals surface area (Å²) in [6.45, 7) is 2.65. The average molecular weight is 404 g/mol. The first-order valence-electron chi connectivity index (χ1n) is 9.71. The van der Waals surface area contributed by atoms with Crippen LogP contribution in [0.1, 0.15) is 30.3 Å². The van der Waals surface area contributed by atoms with E-state index in [-0.39, 0.29) is 11.6 Å². The van der Waals surface area contributed by atoms with Crippen LogP contribution in [0.4, 0.5) is 17.6 Å². The molecule has 1 atom stereocenters. The highest BCUT2D eigenvalue weighted by Crippen LogP contribution is 2.35. The predicted octanol–water partition coefficient (Wildman–Crippen LogP) is 2.94. The Kier molecular flexibility index (Phi) is 4.51. The molecular formula is C20H20N8O2. The summed E-state index contributed by atoms with van der Waals surface area (Å²) in [7, 11) is 0. The van der Waals surface area contributed by atoms with E-state index in [2.05, 4.69) is 35.6 Å². The molecular weight excluding hydrogens is 384 g/mol. The van der Waals surface area contributed by atoms with Crippen molar-refractivity contribution >= 4 is 17.6 Å². The molecule has 0 radical (unpaired) electrons. The fourth-order valence-corrected chi connectivity index (χ4v) is 3.66. The molecule has 1 fully saturated rings. The first kappa shape index (κ1) is 18.1. The van der Waals surface area contributed by atoms with Gasteiger partial charge in [0.05, 0.1) is 11.7 Å². The third kappa shape index (κ3) is 3.54. The van der Waals surface area contributed by atoms with Crippen molar-refractivity contribution in [3.8, 4) is 11.4 Å².